The average molecular weight is 257 g/mol. The Morgan fingerprint density at radius 2 is 2.11 bits per heavy atom. The molecule has 0 saturated carbocycles. The second-order valence-electron chi connectivity index (χ2n) is 5.26. The molecule has 0 bridgehead atoms. The fourth-order valence-electron chi connectivity index (χ4n) is 3.23. The number of hydrogen-bond donors (Lipinski definition) is 1. The highest BCUT2D eigenvalue weighted by atomic mass is 16.5. The van der Waals surface area contributed by atoms with Crippen molar-refractivity contribution in [3.8, 4) is 11.8 Å². The van der Waals surface area contributed by atoms with Gasteiger partial charge in [0.1, 0.15) is 11.8 Å². The molecule has 2 unspecified atom stereocenters. The maximum absolute atomic E-state index is 8.47. The molecule has 2 fully saturated rings. The van der Waals surface area contributed by atoms with Crippen molar-refractivity contribution in [2.75, 3.05) is 25.0 Å². The minimum atomic E-state index is 0.104. The second-order valence-corrected chi connectivity index (χ2v) is 5.26. The van der Waals surface area contributed by atoms with Gasteiger partial charge in [-0.2, -0.15) is 5.26 Å². The van der Waals surface area contributed by atoms with Crippen molar-refractivity contribution in [1.82, 2.24) is 4.90 Å². The van der Waals surface area contributed by atoms with Crippen LogP contribution in [0.5, 0.6) is 5.75 Å². The number of rotatable bonds is 4. The Balaban J connectivity index is 1.59. The van der Waals surface area contributed by atoms with Crippen LogP contribution in [-0.2, 0) is 0 Å². The van der Waals surface area contributed by atoms with Crippen LogP contribution in [0.25, 0.3) is 0 Å². The molecule has 4 heteroatoms. The molecule has 2 heterocycles. The Kier molecular flexibility index (Phi) is 3.56. The zero-order valence-corrected chi connectivity index (χ0v) is 11.0. The molecule has 2 saturated heterocycles. The van der Waals surface area contributed by atoms with Gasteiger partial charge >= 0.3 is 0 Å². The maximum atomic E-state index is 8.47. The van der Waals surface area contributed by atoms with Crippen LogP contribution in [-0.4, -0.2) is 36.7 Å². The van der Waals surface area contributed by atoms with Gasteiger partial charge in [0, 0.05) is 24.3 Å². The highest BCUT2D eigenvalue weighted by Gasteiger charge is 2.36. The summed E-state index contributed by atoms with van der Waals surface area (Å²) in [6.07, 6.45) is 3.89. The molecular weight excluding hydrogens is 238 g/mol. The van der Waals surface area contributed by atoms with E-state index in [9.17, 15) is 0 Å². The Hall–Kier alpha value is -1.73. The molecule has 1 aromatic carbocycles. The molecular formula is C15H19N3O. The van der Waals surface area contributed by atoms with Gasteiger partial charge < -0.3 is 10.1 Å². The van der Waals surface area contributed by atoms with Gasteiger partial charge in [-0.1, -0.05) is 0 Å². The standard InChI is InChI=1S/C15H19N3O/c16-8-11-19-13-5-3-12(4-6-13)17-14-7-10-18-9-1-2-15(14)18/h3-6,14-15,17H,1-2,7,9-11H2. The van der Waals surface area contributed by atoms with Crippen LogP contribution >= 0.6 is 0 Å². The number of benzene rings is 1. The minimum absolute atomic E-state index is 0.104. The molecule has 0 spiro atoms. The molecule has 2 aliphatic heterocycles. The van der Waals surface area contributed by atoms with Crippen LogP contribution in [0.1, 0.15) is 19.3 Å². The molecule has 100 valence electrons. The first-order valence-electron chi connectivity index (χ1n) is 6.97. The molecule has 1 aromatic rings. The first kappa shape index (κ1) is 12.3. The molecule has 4 nitrogen and oxygen atoms in total. The summed E-state index contributed by atoms with van der Waals surface area (Å²) >= 11 is 0. The van der Waals surface area contributed by atoms with Crippen LogP contribution in [0.2, 0.25) is 0 Å². The van der Waals surface area contributed by atoms with Crippen molar-refractivity contribution in [1.29, 1.82) is 5.26 Å². The third-order valence-electron chi connectivity index (χ3n) is 4.12. The number of nitrogens with one attached hydrogen (secondary N) is 1. The third kappa shape index (κ3) is 2.66. The molecule has 0 amide bonds. The fraction of sp³-hybridized carbons (Fsp3) is 0.533. The summed E-state index contributed by atoms with van der Waals surface area (Å²) in [6, 6.07) is 11.2. The summed E-state index contributed by atoms with van der Waals surface area (Å²) in [5.41, 5.74) is 1.14. The Morgan fingerprint density at radius 3 is 2.89 bits per heavy atom. The van der Waals surface area contributed by atoms with E-state index in [1.165, 1.54) is 32.4 Å². The van der Waals surface area contributed by atoms with E-state index < -0.39 is 0 Å². The Bertz CT molecular complexity index is 465. The van der Waals surface area contributed by atoms with Crippen molar-refractivity contribution in [2.24, 2.45) is 0 Å². The molecule has 3 rings (SSSR count). The highest BCUT2D eigenvalue weighted by molar-refractivity contribution is 5.47. The van der Waals surface area contributed by atoms with E-state index in [2.05, 4.69) is 10.2 Å². The fourth-order valence-corrected chi connectivity index (χ4v) is 3.23. The quantitative estimate of drug-likeness (QED) is 0.898. The van der Waals surface area contributed by atoms with Gasteiger partial charge in [-0.3, -0.25) is 4.90 Å². The van der Waals surface area contributed by atoms with Gasteiger partial charge in [0.2, 0.25) is 0 Å². The zero-order chi connectivity index (χ0) is 13.1. The first-order chi connectivity index (χ1) is 9.36. The Morgan fingerprint density at radius 1 is 1.26 bits per heavy atom. The van der Waals surface area contributed by atoms with Crippen LogP contribution < -0.4 is 10.1 Å². The molecule has 1 N–H and O–H groups in total. The minimum Gasteiger partial charge on any atom is -0.479 e. The molecule has 0 radical (unpaired) electrons. The van der Waals surface area contributed by atoms with Gasteiger partial charge in [0.25, 0.3) is 0 Å². The zero-order valence-electron chi connectivity index (χ0n) is 11.0. The molecule has 0 aliphatic carbocycles. The van der Waals surface area contributed by atoms with Crippen LogP contribution in [0.4, 0.5) is 5.69 Å². The molecule has 0 aromatic heterocycles. The number of ether oxygens (including phenoxy) is 1. The predicted octanol–water partition coefficient (Wildman–Crippen LogP) is 2.24. The maximum Gasteiger partial charge on any atom is 0.174 e. The van der Waals surface area contributed by atoms with Crippen molar-refractivity contribution >= 4 is 5.69 Å². The topological polar surface area (TPSA) is 48.3 Å². The lowest BCUT2D eigenvalue weighted by molar-refractivity contribution is 0.318. The van der Waals surface area contributed by atoms with E-state index in [-0.39, 0.29) is 6.61 Å². The SMILES string of the molecule is N#CCOc1ccc(NC2CCN3CCCC23)cc1. The number of anilines is 1. The van der Waals surface area contributed by atoms with Crippen LogP contribution in [0, 0.1) is 11.3 Å². The lowest BCUT2D eigenvalue weighted by Gasteiger charge is -2.22. The second kappa shape index (κ2) is 5.50. The van der Waals surface area contributed by atoms with E-state index in [4.69, 9.17) is 10.00 Å². The average Bonchev–Trinajstić information content (AvgIpc) is 3.03. The number of hydrogen-bond acceptors (Lipinski definition) is 4. The van der Waals surface area contributed by atoms with Gasteiger partial charge in [-0.25, -0.2) is 0 Å². The van der Waals surface area contributed by atoms with Crippen molar-refractivity contribution in [2.45, 2.75) is 31.3 Å². The van der Waals surface area contributed by atoms with Crippen molar-refractivity contribution in [3.05, 3.63) is 24.3 Å². The van der Waals surface area contributed by atoms with Gasteiger partial charge in [0.15, 0.2) is 6.61 Å². The predicted molar refractivity (Wildman–Crippen MR) is 74.2 cm³/mol. The highest BCUT2D eigenvalue weighted by Crippen LogP contribution is 2.30. The lowest BCUT2D eigenvalue weighted by Crippen LogP contribution is -2.33. The van der Waals surface area contributed by atoms with E-state index in [1.54, 1.807) is 0 Å². The van der Waals surface area contributed by atoms with E-state index in [0.29, 0.717) is 6.04 Å². The normalized spacial score (nSPS) is 25.8. The lowest BCUT2D eigenvalue weighted by atomic mass is 10.1. The Labute approximate surface area is 114 Å². The number of nitriles is 1. The largest absolute Gasteiger partial charge is 0.479 e. The van der Waals surface area contributed by atoms with Crippen molar-refractivity contribution < 1.29 is 4.74 Å². The molecule has 2 atom stereocenters. The number of nitrogens with zero attached hydrogens (tertiary/aromatic N) is 2. The summed E-state index contributed by atoms with van der Waals surface area (Å²) in [7, 11) is 0. The van der Waals surface area contributed by atoms with Gasteiger partial charge in [-0.15, -0.1) is 0 Å². The van der Waals surface area contributed by atoms with Crippen LogP contribution in [0.3, 0.4) is 0 Å². The van der Waals surface area contributed by atoms with Gasteiger partial charge in [0.05, 0.1) is 0 Å². The van der Waals surface area contributed by atoms with E-state index in [1.807, 2.05) is 30.3 Å². The summed E-state index contributed by atoms with van der Waals surface area (Å²) < 4.78 is 5.25. The molecule has 2 aliphatic rings. The van der Waals surface area contributed by atoms with Crippen molar-refractivity contribution in [3.63, 3.8) is 0 Å². The molecule has 19 heavy (non-hydrogen) atoms. The summed E-state index contributed by atoms with van der Waals surface area (Å²) in [4.78, 5) is 2.60. The first-order valence-corrected chi connectivity index (χ1v) is 6.97. The van der Waals surface area contributed by atoms with E-state index in [0.717, 1.165) is 17.5 Å². The summed E-state index contributed by atoms with van der Waals surface area (Å²) in [5.74, 6) is 0.751. The number of fused-ring (bicyclic) bond motifs is 1. The summed E-state index contributed by atoms with van der Waals surface area (Å²) in [6.45, 7) is 2.60. The van der Waals surface area contributed by atoms with Crippen LogP contribution in [0.15, 0.2) is 24.3 Å². The summed E-state index contributed by atoms with van der Waals surface area (Å²) in [5, 5.41) is 12.1. The van der Waals surface area contributed by atoms with Gasteiger partial charge in [-0.05, 0) is 50.1 Å². The monoisotopic (exact) mass is 257 g/mol. The smallest absolute Gasteiger partial charge is 0.174 e. The van der Waals surface area contributed by atoms with E-state index >= 15 is 0 Å². The third-order valence-corrected chi connectivity index (χ3v) is 4.12.